The van der Waals surface area contributed by atoms with Gasteiger partial charge in [-0.2, -0.15) is 13.2 Å². The molecule has 0 fully saturated rings. The highest BCUT2D eigenvalue weighted by Gasteiger charge is 2.26. The zero-order valence-electron chi connectivity index (χ0n) is 10.5. The maximum atomic E-state index is 11.9. The Labute approximate surface area is 106 Å². The molecule has 1 atom stereocenters. The molecule has 1 aromatic rings. The van der Waals surface area contributed by atoms with Crippen LogP contribution in [-0.4, -0.2) is 17.4 Å². The van der Waals surface area contributed by atoms with E-state index in [-0.39, 0.29) is 12.8 Å². The summed E-state index contributed by atoms with van der Waals surface area (Å²) in [7, 11) is 0. The lowest BCUT2D eigenvalue weighted by molar-refractivity contribution is -0.136. The number of rotatable bonds is 6. The normalized spacial score (nSPS) is 13.6. The average molecular weight is 260 g/mol. The van der Waals surface area contributed by atoms with Crippen LogP contribution in [0.2, 0.25) is 0 Å². The number of aliphatic hydroxyl groups is 1. The van der Waals surface area contributed by atoms with E-state index in [1.54, 1.807) is 0 Å². The second-order valence-electron chi connectivity index (χ2n) is 4.69. The lowest BCUT2D eigenvalue weighted by Crippen LogP contribution is -2.12. The molecule has 0 aromatic heterocycles. The van der Waals surface area contributed by atoms with Gasteiger partial charge in [-0.15, -0.1) is 0 Å². The van der Waals surface area contributed by atoms with Gasteiger partial charge < -0.3 is 5.11 Å². The Bertz CT molecular complexity index is 360. The minimum Gasteiger partial charge on any atom is -0.393 e. The number of alkyl halides is 3. The molecular formula is C14H19F3O. The van der Waals surface area contributed by atoms with E-state index >= 15 is 0 Å². The van der Waals surface area contributed by atoms with Crippen molar-refractivity contribution < 1.29 is 18.3 Å². The van der Waals surface area contributed by atoms with Gasteiger partial charge in [0.15, 0.2) is 0 Å². The van der Waals surface area contributed by atoms with Gasteiger partial charge in [-0.1, -0.05) is 29.8 Å². The lowest BCUT2D eigenvalue weighted by atomic mass is 10.0. The van der Waals surface area contributed by atoms with E-state index in [0.29, 0.717) is 12.8 Å². The van der Waals surface area contributed by atoms with Crippen LogP contribution in [0.3, 0.4) is 0 Å². The van der Waals surface area contributed by atoms with Gasteiger partial charge in [0.05, 0.1) is 6.10 Å². The molecule has 0 aliphatic rings. The standard InChI is InChI=1S/C14H19F3O/c1-11-4-2-5-12(10-11)7-8-13(18)6-3-9-14(15,16)17/h2,4-5,10,13,18H,3,6-9H2,1H3. The van der Waals surface area contributed by atoms with E-state index in [2.05, 4.69) is 0 Å². The molecule has 0 aliphatic carbocycles. The Morgan fingerprint density at radius 2 is 1.94 bits per heavy atom. The van der Waals surface area contributed by atoms with Crippen molar-refractivity contribution in [3.63, 3.8) is 0 Å². The van der Waals surface area contributed by atoms with E-state index in [4.69, 9.17) is 0 Å². The number of halogens is 3. The first-order valence-corrected chi connectivity index (χ1v) is 6.17. The third kappa shape index (κ3) is 6.64. The predicted octanol–water partition coefficient (Wildman–Crippen LogP) is 4.02. The Balaban J connectivity index is 2.23. The van der Waals surface area contributed by atoms with Crippen LogP contribution in [0.4, 0.5) is 13.2 Å². The molecule has 1 aromatic carbocycles. The molecule has 0 saturated heterocycles. The zero-order valence-corrected chi connectivity index (χ0v) is 10.5. The summed E-state index contributed by atoms with van der Waals surface area (Å²) in [5, 5.41) is 9.61. The molecular weight excluding hydrogens is 241 g/mol. The summed E-state index contributed by atoms with van der Waals surface area (Å²) in [5.74, 6) is 0. The molecule has 0 radical (unpaired) electrons. The fourth-order valence-corrected chi connectivity index (χ4v) is 1.88. The first-order chi connectivity index (χ1) is 8.37. The summed E-state index contributed by atoms with van der Waals surface area (Å²) in [6.07, 6.45) is -4.14. The number of benzene rings is 1. The highest BCUT2D eigenvalue weighted by atomic mass is 19.4. The van der Waals surface area contributed by atoms with Crippen molar-refractivity contribution in [2.24, 2.45) is 0 Å². The highest BCUT2D eigenvalue weighted by molar-refractivity contribution is 5.22. The van der Waals surface area contributed by atoms with Crippen LogP contribution in [0.5, 0.6) is 0 Å². The van der Waals surface area contributed by atoms with Gasteiger partial charge in [-0.05, 0) is 38.2 Å². The van der Waals surface area contributed by atoms with Crippen molar-refractivity contribution in [3.05, 3.63) is 35.4 Å². The Hall–Kier alpha value is -1.03. The fraction of sp³-hybridized carbons (Fsp3) is 0.571. The van der Waals surface area contributed by atoms with Gasteiger partial charge in [-0.3, -0.25) is 0 Å². The van der Waals surface area contributed by atoms with E-state index in [0.717, 1.165) is 11.1 Å². The lowest BCUT2D eigenvalue weighted by Gasteiger charge is -2.11. The molecule has 1 unspecified atom stereocenters. The van der Waals surface area contributed by atoms with E-state index in [9.17, 15) is 18.3 Å². The molecule has 1 nitrogen and oxygen atoms in total. The summed E-state index contributed by atoms with van der Waals surface area (Å²) in [6, 6.07) is 7.93. The smallest absolute Gasteiger partial charge is 0.389 e. The van der Waals surface area contributed by atoms with Crippen LogP contribution in [0.15, 0.2) is 24.3 Å². The predicted molar refractivity (Wildman–Crippen MR) is 65.4 cm³/mol. The molecule has 0 saturated carbocycles. The fourth-order valence-electron chi connectivity index (χ4n) is 1.88. The second kappa shape index (κ2) is 6.78. The topological polar surface area (TPSA) is 20.2 Å². The van der Waals surface area contributed by atoms with Crippen LogP contribution < -0.4 is 0 Å². The molecule has 1 N–H and O–H groups in total. The van der Waals surface area contributed by atoms with Crippen molar-refractivity contribution in [1.82, 2.24) is 0 Å². The summed E-state index contributed by atoms with van der Waals surface area (Å²) in [5.41, 5.74) is 2.27. The van der Waals surface area contributed by atoms with Gasteiger partial charge in [0.25, 0.3) is 0 Å². The molecule has 102 valence electrons. The van der Waals surface area contributed by atoms with Crippen LogP contribution in [0.1, 0.15) is 36.8 Å². The quantitative estimate of drug-likeness (QED) is 0.819. The van der Waals surface area contributed by atoms with Gasteiger partial charge >= 0.3 is 6.18 Å². The Kier molecular flexibility index (Phi) is 5.66. The highest BCUT2D eigenvalue weighted by Crippen LogP contribution is 2.23. The van der Waals surface area contributed by atoms with Crippen LogP contribution >= 0.6 is 0 Å². The molecule has 0 amide bonds. The maximum Gasteiger partial charge on any atom is 0.389 e. The zero-order chi connectivity index (χ0) is 13.6. The molecule has 18 heavy (non-hydrogen) atoms. The van der Waals surface area contributed by atoms with Crippen LogP contribution in [0.25, 0.3) is 0 Å². The monoisotopic (exact) mass is 260 g/mol. The van der Waals surface area contributed by atoms with Crippen molar-refractivity contribution >= 4 is 0 Å². The second-order valence-corrected chi connectivity index (χ2v) is 4.69. The molecule has 0 bridgehead atoms. The maximum absolute atomic E-state index is 11.9. The minimum absolute atomic E-state index is 0.00150. The van der Waals surface area contributed by atoms with Crippen molar-refractivity contribution in [3.8, 4) is 0 Å². The van der Waals surface area contributed by atoms with Gasteiger partial charge in [0.2, 0.25) is 0 Å². The third-order valence-electron chi connectivity index (χ3n) is 2.85. The summed E-state index contributed by atoms with van der Waals surface area (Å²) >= 11 is 0. The number of aryl methyl sites for hydroxylation is 2. The molecule has 0 heterocycles. The van der Waals surface area contributed by atoms with Crippen molar-refractivity contribution in [2.75, 3.05) is 0 Å². The first kappa shape index (κ1) is 15.0. The Morgan fingerprint density at radius 1 is 1.22 bits per heavy atom. The first-order valence-electron chi connectivity index (χ1n) is 6.17. The van der Waals surface area contributed by atoms with Gasteiger partial charge in [0, 0.05) is 6.42 Å². The summed E-state index contributed by atoms with van der Waals surface area (Å²) in [6.45, 7) is 1.99. The molecule has 1 rings (SSSR count). The van der Waals surface area contributed by atoms with Gasteiger partial charge in [0.1, 0.15) is 0 Å². The molecule has 4 heteroatoms. The summed E-state index contributed by atoms with van der Waals surface area (Å²) < 4.78 is 35.8. The van der Waals surface area contributed by atoms with E-state index in [1.807, 2.05) is 31.2 Å². The van der Waals surface area contributed by atoms with Crippen LogP contribution in [0, 0.1) is 6.92 Å². The molecule has 0 aliphatic heterocycles. The van der Waals surface area contributed by atoms with Crippen molar-refractivity contribution in [2.45, 2.75) is 51.3 Å². The van der Waals surface area contributed by atoms with E-state index < -0.39 is 18.7 Å². The third-order valence-corrected chi connectivity index (χ3v) is 2.85. The Morgan fingerprint density at radius 3 is 2.56 bits per heavy atom. The van der Waals surface area contributed by atoms with Crippen LogP contribution in [-0.2, 0) is 6.42 Å². The van der Waals surface area contributed by atoms with E-state index in [1.165, 1.54) is 0 Å². The number of hydrogen-bond donors (Lipinski definition) is 1. The van der Waals surface area contributed by atoms with Gasteiger partial charge in [-0.25, -0.2) is 0 Å². The largest absolute Gasteiger partial charge is 0.393 e. The summed E-state index contributed by atoms with van der Waals surface area (Å²) in [4.78, 5) is 0. The van der Waals surface area contributed by atoms with Crippen molar-refractivity contribution in [1.29, 1.82) is 0 Å². The number of hydrogen-bond acceptors (Lipinski definition) is 1. The average Bonchev–Trinajstić information content (AvgIpc) is 2.25. The SMILES string of the molecule is Cc1cccc(CCC(O)CCCC(F)(F)F)c1. The number of aliphatic hydroxyl groups excluding tert-OH is 1. The minimum atomic E-state index is -4.11. The molecule has 0 spiro atoms.